The quantitative estimate of drug-likeness (QED) is 0.561. The first-order valence-corrected chi connectivity index (χ1v) is 3.55. The van der Waals surface area contributed by atoms with Crippen LogP contribution in [0, 0.1) is 0 Å². The van der Waals surface area contributed by atoms with Crippen molar-refractivity contribution >= 4 is 0 Å². The van der Waals surface area contributed by atoms with E-state index in [4.69, 9.17) is 14.9 Å². The van der Waals surface area contributed by atoms with Gasteiger partial charge in [-0.05, 0) is 0 Å². The third-order valence-electron chi connectivity index (χ3n) is 1.58. The molecular formula is C8H12O3. The fourth-order valence-electron chi connectivity index (χ4n) is 1.01. The van der Waals surface area contributed by atoms with Gasteiger partial charge in [0.2, 0.25) is 0 Å². The molecule has 1 rings (SSSR count). The molecule has 1 heterocycles. The molecule has 0 bridgehead atoms. The number of hydrogen-bond acceptors (Lipinski definition) is 3. The summed E-state index contributed by atoms with van der Waals surface area (Å²) in [6.07, 6.45) is 3.59. The van der Waals surface area contributed by atoms with Crippen molar-refractivity contribution in [2.45, 2.75) is 24.9 Å². The van der Waals surface area contributed by atoms with Gasteiger partial charge < -0.3 is 14.9 Å². The Balaban J connectivity index is 2.40. The third kappa shape index (κ3) is 2.15. The van der Waals surface area contributed by atoms with Crippen LogP contribution >= 0.6 is 0 Å². The van der Waals surface area contributed by atoms with Gasteiger partial charge in [-0.25, -0.2) is 0 Å². The van der Waals surface area contributed by atoms with Crippen molar-refractivity contribution in [3.63, 3.8) is 0 Å². The smallest absolute Gasteiger partial charge is 0.181 e. The molecule has 0 aromatic heterocycles. The topological polar surface area (TPSA) is 49.7 Å². The molecule has 1 saturated heterocycles. The molecular weight excluding hydrogens is 144 g/mol. The molecule has 1 fully saturated rings. The molecule has 0 radical (unpaired) electrons. The minimum Gasteiger partial charge on any atom is -0.388 e. The fraction of sp³-hybridized carbons (Fsp3) is 0.500. The van der Waals surface area contributed by atoms with Crippen LogP contribution in [-0.4, -0.2) is 28.7 Å². The summed E-state index contributed by atoms with van der Waals surface area (Å²) in [7, 11) is 0. The van der Waals surface area contributed by atoms with E-state index < -0.39 is 12.4 Å². The summed E-state index contributed by atoms with van der Waals surface area (Å²) in [6.45, 7) is 3.49. The van der Waals surface area contributed by atoms with E-state index in [1.807, 2.05) is 0 Å². The lowest BCUT2D eigenvalue weighted by atomic mass is 10.2. The van der Waals surface area contributed by atoms with Gasteiger partial charge in [0.15, 0.2) is 6.29 Å². The summed E-state index contributed by atoms with van der Waals surface area (Å²) in [5.41, 5.74) is 0. The Labute approximate surface area is 65.6 Å². The van der Waals surface area contributed by atoms with Crippen molar-refractivity contribution in [1.82, 2.24) is 0 Å². The molecule has 2 N–H and O–H groups in total. The van der Waals surface area contributed by atoms with Gasteiger partial charge in [0.1, 0.15) is 6.10 Å². The first-order valence-electron chi connectivity index (χ1n) is 3.55. The van der Waals surface area contributed by atoms with E-state index in [0.717, 1.165) is 0 Å². The number of aliphatic hydroxyl groups excluding tert-OH is 2. The number of rotatable bonds is 2. The van der Waals surface area contributed by atoms with Gasteiger partial charge in [-0.15, -0.1) is 0 Å². The van der Waals surface area contributed by atoms with E-state index in [9.17, 15) is 0 Å². The van der Waals surface area contributed by atoms with E-state index >= 15 is 0 Å². The minimum atomic E-state index is -1.03. The monoisotopic (exact) mass is 156 g/mol. The van der Waals surface area contributed by atoms with Crippen LogP contribution < -0.4 is 0 Å². The number of hydrogen-bond donors (Lipinski definition) is 2. The molecule has 3 atom stereocenters. The molecule has 11 heavy (non-hydrogen) atoms. The Hall–Kier alpha value is -0.640. The molecule has 0 amide bonds. The van der Waals surface area contributed by atoms with Crippen LogP contribution in [0.3, 0.4) is 0 Å². The van der Waals surface area contributed by atoms with Crippen LogP contribution in [0.25, 0.3) is 0 Å². The normalized spacial score (nSPS) is 38.2. The second kappa shape index (κ2) is 3.67. The SMILES string of the molecule is C=C/C=C/[C@@H]1C[C@@H](O)[C@@H](O)O1. The summed E-state index contributed by atoms with van der Waals surface area (Å²) in [4.78, 5) is 0. The Bertz CT molecular complexity index is 155. The average Bonchev–Trinajstić information content (AvgIpc) is 2.28. The highest BCUT2D eigenvalue weighted by molar-refractivity contribution is 5.03. The van der Waals surface area contributed by atoms with E-state index in [0.29, 0.717) is 6.42 Å². The number of allylic oxidation sites excluding steroid dienone is 2. The lowest BCUT2D eigenvalue weighted by Crippen LogP contribution is -2.19. The largest absolute Gasteiger partial charge is 0.388 e. The van der Waals surface area contributed by atoms with E-state index in [1.165, 1.54) is 0 Å². The van der Waals surface area contributed by atoms with E-state index in [2.05, 4.69) is 6.58 Å². The molecule has 0 saturated carbocycles. The molecule has 0 aromatic carbocycles. The van der Waals surface area contributed by atoms with Gasteiger partial charge in [-0.3, -0.25) is 0 Å². The molecule has 1 aliphatic rings. The highest BCUT2D eigenvalue weighted by Gasteiger charge is 2.30. The fourth-order valence-corrected chi connectivity index (χ4v) is 1.01. The number of ether oxygens (including phenoxy) is 1. The predicted molar refractivity (Wildman–Crippen MR) is 40.8 cm³/mol. The van der Waals surface area contributed by atoms with Crippen molar-refractivity contribution in [1.29, 1.82) is 0 Å². The zero-order valence-electron chi connectivity index (χ0n) is 6.18. The summed E-state index contributed by atoms with van der Waals surface area (Å²) in [6, 6.07) is 0. The Morgan fingerprint density at radius 1 is 1.45 bits per heavy atom. The predicted octanol–water partition coefficient (Wildman–Crippen LogP) is 0.197. The van der Waals surface area contributed by atoms with Crippen LogP contribution in [0.1, 0.15) is 6.42 Å². The second-order valence-electron chi connectivity index (χ2n) is 2.49. The van der Waals surface area contributed by atoms with Crippen LogP contribution in [0.2, 0.25) is 0 Å². The van der Waals surface area contributed by atoms with Crippen LogP contribution in [-0.2, 0) is 4.74 Å². The molecule has 1 aliphatic heterocycles. The molecule has 62 valence electrons. The summed E-state index contributed by atoms with van der Waals surface area (Å²) in [5, 5.41) is 18.0. The van der Waals surface area contributed by atoms with Crippen molar-refractivity contribution in [2.75, 3.05) is 0 Å². The van der Waals surface area contributed by atoms with E-state index in [1.54, 1.807) is 18.2 Å². The Morgan fingerprint density at radius 3 is 2.64 bits per heavy atom. The third-order valence-corrected chi connectivity index (χ3v) is 1.58. The minimum absolute atomic E-state index is 0.182. The van der Waals surface area contributed by atoms with Crippen molar-refractivity contribution in [2.24, 2.45) is 0 Å². The van der Waals surface area contributed by atoms with Gasteiger partial charge in [0, 0.05) is 6.42 Å². The summed E-state index contributed by atoms with van der Waals surface area (Å²) < 4.78 is 4.95. The molecule has 3 nitrogen and oxygen atoms in total. The molecule has 0 aromatic rings. The van der Waals surface area contributed by atoms with Crippen molar-refractivity contribution < 1.29 is 14.9 Å². The first kappa shape index (κ1) is 8.46. The van der Waals surface area contributed by atoms with Gasteiger partial charge >= 0.3 is 0 Å². The van der Waals surface area contributed by atoms with Gasteiger partial charge in [-0.1, -0.05) is 24.8 Å². The maximum Gasteiger partial charge on any atom is 0.181 e. The van der Waals surface area contributed by atoms with Crippen LogP contribution in [0.4, 0.5) is 0 Å². The summed E-state index contributed by atoms with van der Waals surface area (Å²) >= 11 is 0. The van der Waals surface area contributed by atoms with Crippen molar-refractivity contribution in [3.05, 3.63) is 24.8 Å². The van der Waals surface area contributed by atoms with Crippen molar-refractivity contribution in [3.8, 4) is 0 Å². The summed E-state index contributed by atoms with van der Waals surface area (Å²) in [5.74, 6) is 0. The second-order valence-corrected chi connectivity index (χ2v) is 2.49. The lowest BCUT2D eigenvalue weighted by Gasteiger charge is -2.04. The van der Waals surface area contributed by atoms with Gasteiger partial charge in [-0.2, -0.15) is 0 Å². The molecule has 3 heteroatoms. The highest BCUT2D eigenvalue weighted by Crippen LogP contribution is 2.19. The average molecular weight is 156 g/mol. The van der Waals surface area contributed by atoms with Crippen LogP contribution in [0.5, 0.6) is 0 Å². The Morgan fingerprint density at radius 2 is 2.18 bits per heavy atom. The maximum absolute atomic E-state index is 9.03. The zero-order valence-corrected chi connectivity index (χ0v) is 6.18. The number of aliphatic hydroxyl groups is 2. The Kier molecular flexibility index (Phi) is 2.82. The standard InChI is InChI=1S/C8H12O3/c1-2-3-4-6-5-7(9)8(10)11-6/h2-4,6-10H,1,5H2/b4-3+/t6-,7-,8+/m1/s1. The lowest BCUT2D eigenvalue weighted by molar-refractivity contribution is -0.119. The van der Waals surface area contributed by atoms with Gasteiger partial charge in [0.25, 0.3) is 0 Å². The molecule has 0 spiro atoms. The molecule has 0 unspecified atom stereocenters. The van der Waals surface area contributed by atoms with Crippen LogP contribution in [0.15, 0.2) is 24.8 Å². The molecule has 0 aliphatic carbocycles. The van der Waals surface area contributed by atoms with Gasteiger partial charge in [0.05, 0.1) is 6.10 Å². The maximum atomic E-state index is 9.03. The first-order chi connectivity index (χ1) is 5.24. The van der Waals surface area contributed by atoms with E-state index in [-0.39, 0.29) is 6.10 Å². The highest BCUT2D eigenvalue weighted by atomic mass is 16.6. The zero-order chi connectivity index (χ0) is 8.27.